The van der Waals surface area contributed by atoms with Gasteiger partial charge in [0.1, 0.15) is 60.4 Å². The topological polar surface area (TPSA) is 383 Å². The number of H-pyrrole nitrogens is 1. The molecule has 0 aliphatic rings. The number of amides is 10. The second kappa shape index (κ2) is 24.4. The molecule has 0 aromatic carbocycles. The first-order valence-electron chi connectivity index (χ1n) is 19.2. The molecule has 1 rings (SSSR count). The number of hydrogen-bond acceptors (Lipinski definition) is 13. The first-order chi connectivity index (χ1) is 28.2. The highest BCUT2D eigenvalue weighted by Crippen LogP contribution is 2.01. The lowest BCUT2D eigenvalue weighted by Crippen LogP contribution is -2.58. The number of nitrogens with zero attached hydrogens (tertiary/aromatic N) is 1. The van der Waals surface area contributed by atoms with Crippen LogP contribution in [-0.4, -0.2) is 147 Å². The van der Waals surface area contributed by atoms with E-state index in [0.717, 1.165) is 0 Å². The summed E-state index contributed by atoms with van der Waals surface area (Å²) in [6, 6.07) is -12.6. The number of rotatable bonds is 23. The van der Waals surface area contributed by atoms with E-state index in [9.17, 15) is 57.8 Å². The predicted molar refractivity (Wildman–Crippen MR) is 214 cm³/mol. The number of carboxylic acid groups (broad SMARTS) is 1. The molecule has 0 aliphatic heterocycles. The fourth-order valence-electron chi connectivity index (χ4n) is 4.75. The molecule has 0 bridgehead atoms. The molecule has 0 radical (unpaired) electrons. The number of carboxylic acids is 1. The molecule has 0 aliphatic carbocycles. The van der Waals surface area contributed by atoms with Crippen molar-refractivity contribution >= 4 is 65.0 Å². The summed E-state index contributed by atoms with van der Waals surface area (Å²) < 4.78 is 0. The highest BCUT2D eigenvalue weighted by Gasteiger charge is 2.30. The standard InChI is InChI=1S/C36H59N13O12/c1-14(37)26(50)40-15(2)27(51)41-16(3)28(52)42-17(4)29(53)43-18(5)30(54)44-19(6)31(55)45-20(7)32(56)46-21(8)33(57)47-22(9)34(58)48-23(10)35(59)49-25(36(60)61)11-24-12-38-13-39-24/h12-23,25H,11,37H2,1-10H3,(H,38,39)(H,40,50)(H,41,51)(H,42,52)(H,43,53)(H,44,54)(H,45,55)(H,46,56)(H,47,57)(H,48,58)(H,49,59)(H,60,61)/t14-,15-,16-,17-,18-,19-,20-,21-,22-,23-,25-/m0/s1. The highest BCUT2D eigenvalue weighted by atomic mass is 16.4. The van der Waals surface area contributed by atoms with E-state index in [1.165, 1.54) is 81.8 Å². The molecule has 61 heavy (non-hydrogen) atoms. The molecule has 25 nitrogen and oxygen atoms in total. The van der Waals surface area contributed by atoms with E-state index < -0.39 is 132 Å². The Morgan fingerprint density at radius 3 is 0.885 bits per heavy atom. The minimum Gasteiger partial charge on any atom is -0.480 e. The van der Waals surface area contributed by atoms with Gasteiger partial charge in [-0.3, -0.25) is 47.9 Å². The maximum atomic E-state index is 12.8. The first-order valence-corrected chi connectivity index (χ1v) is 19.2. The quantitative estimate of drug-likeness (QED) is 0.0488. The number of nitrogens with two attached hydrogens (primary N) is 1. The number of carbonyl (C=O) groups excluding carboxylic acids is 10. The van der Waals surface area contributed by atoms with Crippen molar-refractivity contribution in [3.63, 3.8) is 0 Å². The molecule has 0 saturated carbocycles. The fourth-order valence-corrected chi connectivity index (χ4v) is 4.75. The lowest BCUT2D eigenvalue weighted by atomic mass is 10.1. The van der Waals surface area contributed by atoms with E-state index in [1.54, 1.807) is 0 Å². The summed E-state index contributed by atoms with van der Waals surface area (Å²) in [4.78, 5) is 144. The summed E-state index contributed by atoms with van der Waals surface area (Å²) in [5.74, 6) is -8.82. The van der Waals surface area contributed by atoms with Crippen LogP contribution in [-0.2, 0) is 59.2 Å². The molecular formula is C36H59N13O12. The molecule has 1 aromatic rings. The average molecular weight is 866 g/mol. The normalized spacial score (nSPS) is 16.2. The summed E-state index contributed by atoms with van der Waals surface area (Å²) >= 11 is 0. The Kier molecular flexibility index (Phi) is 21.0. The second-order valence-electron chi connectivity index (χ2n) is 14.5. The van der Waals surface area contributed by atoms with Crippen LogP contribution in [0.4, 0.5) is 0 Å². The van der Waals surface area contributed by atoms with Crippen molar-refractivity contribution in [2.45, 2.75) is 142 Å². The number of imidazole rings is 1. The van der Waals surface area contributed by atoms with Crippen LogP contribution >= 0.6 is 0 Å². The van der Waals surface area contributed by atoms with Gasteiger partial charge in [0, 0.05) is 18.3 Å². The van der Waals surface area contributed by atoms with Gasteiger partial charge in [0.15, 0.2) is 0 Å². The third-order valence-electron chi connectivity index (χ3n) is 8.78. The van der Waals surface area contributed by atoms with Crippen molar-refractivity contribution in [2.24, 2.45) is 5.73 Å². The molecule has 1 aromatic heterocycles. The van der Waals surface area contributed by atoms with E-state index in [1.807, 2.05) is 0 Å². The number of aromatic nitrogens is 2. The Morgan fingerprint density at radius 2 is 0.689 bits per heavy atom. The summed E-state index contributed by atoms with van der Waals surface area (Å²) in [5, 5.41) is 33.3. The fraction of sp³-hybridized carbons (Fsp3) is 0.611. The van der Waals surface area contributed by atoms with Crippen molar-refractivity contribution < 1.29 is 57.8 Å². The van der Waals surface area contributed by atoms with Gasteiger partial charge in [-0.1, -0.05) is 0 Å². The molecule has 25 heteroatoms. The first kappa shape index (κ1) is 52.4. The number of aromatic amines is 1. The van der Waals surface area contributed by atoms with Gasteiger partial charge in [0.05, 0.1) is 12.4 Å². The third-order valence-corrected chi connectivity index (χ3v) is 8.78. The number of nitrogens with one attached hydrogen (secondary N) is 11. The van der Waals surface area contributed by atoms with E-state index >= 15 is 0 Å². The predicted octanol–water partition coefficient (Wildman–Crippen LogP) is -5.59. The largest absolute Gasteiger partial charge is 0.480 e. The Hall–Kier alpha value is -6.66. The summed E-state index contributed by atoms with van der Waals surface area (Å²) in [5.41, 5.74) is 5.93. The lowest BCUT2D eigenvalue weighted by Gasteiger charge is -2.23. The van der Waals surface area contributed by atoms with Gasteiger partial charge in [-0.05, 0) is 69.2 Å². The lowest BCUT2D eigenvalue weighted by molar-refractivity contribution is -0.142. The van der Waals surface area contributed by atoms with Gasteiger partial charge in [-0.2, -0.15) is 0 Å². The molecule has 340 valence electrons. The molecule has 14 N–H and O–H groups in total. The maximum Gasteiger partial charge on any atom is 0.326 e. The van der Waals surface area contributed by atoms with Crippen molar-refractivity contribution in [2.75, 3.05) is 0 Å². The minimum atomic E-state index is -1.31. The third kappa shape index (κ3) is 18.0. The van der Waals surface area contributed by atoms with Gasteiger partial charge in [0.2, 0.25) is 59.1 Å². The van der Waals surface area contributed by atoms with Crippen molar-refractivity contribution in [3.05, 3.63) is 18.2 Å². The SMILES string of the molecule is C[C@H](N)C(=O)N[C@@H](C)C(=O)N[C@@H](C)C(=O)N[C@@H](C)C(=O)N[C@@H](C)C(=O)N[C@@H](C)C(=O)N[C@@H](C)C(=O)N[C@@H](C)C(=O)N[C@@H](C)C(=O)N[C@@H](C)C(=O)N[C@@H](Cc1cnc[nH]1)C(=O)O. The van der Waals surface area contributed by atoms with Crippen molar-refractivity contribution in [1.29, 1.82) is 0 Å². The summed E-state index contributed by atoms with van der Waals surface area (Å²) in [7, 11) is 0. The van der Waals surface area contributed by atoms with E-state index in [4.69, 9.17) is 5.73 Å². The Balaban J connectivity index is 2.56. The van der Waals surface area contributed by atoms with Crippen LogP contribution in [0.5, 0.6) is 0 Å². The van der Waals surface area contributed by atoms with Crippen molar-refractivity contribution in [3.8, 4) is 0 Å². The van der Waals surface area contributed by atoms with Crippen LogP contribution in [0.1, 0.15) is 74.9 Å². The zero-order chi connectivity index (χ0) is 46.9. The van der Waals surface area contributed by atoms with Crippen LogP contribution in [0.15, 0.2) is 12.5 Å². The van der Waals surface area contributed by atoms with Crippen LogP contribution < -0.4 is 58.9 Å². The van der Waals surface area contributed by atoms with Crippen LogP contribution in [0.25, 0.3) is 0 Å². The molecule has 1 heterocycles. The monoisotopic (exact) mass is 865 g/mol. The van der Waals surface area contributed by atoms with E-state index in [-0.39, 0.29) is 6.42 Å². The molecule has 0 unspecified atom stereocenters. The molecule has 0 fully saturated rings. The maximum absolute atomic E-state index is 12.8. The van der Waals surface area contributed by atoms with Gasteiger partial charge < -0.3 is 69.0 Å². The summed E-state index contributed by atoms with van der Waals surface area (Å²) in [6.07, 6.45) is 2.66. The molecular weight excluding hydrogens is 806 g/mol. The molecule has 11 atom stereocenters. The second-order valence-corrected chi connectivity index (χ2v) is 14.5. The van der Waals surface area contributed by atoms with Crippen LogP contribution in [0, 0.1) is 0 Å². The molecule has 10 amide bonds. The summed E-state index contributed by atoms with van der Waals surface area (Å²) in [6.45, 7) is 13.4. The van der Waals surface area contributed by atoms with Gasteiger partial charge in [-0.25, -0.2) is 9.78 Å². The van der Waals surface area contributed by atoms with Gasteiger partial charge >= 0.3 is 5.97 Å². The highest BCUT2D eigenvalue weighted by molar-refractivity contribution is 5.98. The number of carbonyl (C=O) groups is 11. The number of aliphatic carboxylic acids is 1. The Morgan fingerprint density at radius 1 is 0.459 bits per heavy atom. The van der Waals surface area contributed by atoms with Gasteiger partial charge in [-0.15, -0.1) is 0 Å². The molecule has 0 spiro atoms. The minimum absolute atomic E-state index is 0.0885. The van der Waals surface area contributed by atoms with Crippen LogP contribution in [0.2, 0.25) is 0 Å². The Bertz CT molecular complexity index is 1770. The zero-order valence-electron chi connectivity index (χ0n) is 35.7. The van der Waals surface area contributed by atoms with Crippen LogP contribution in [0.3, 0.4) is 0 Å². The Labute approximate surface area is 351 Å². The average Bonchev–Trinajstić information content (AvgIpc) is 3.69. The van der Waals surface area contributed by atoms with E-state index in [2.05, 4.69) is 63.1 Å². The molecule has 0 saturated heterocycles. The van der Waals surface area contributed by atoms with E-state index in [0.29, 0.717) is 5.69 Å². The van der Waals surface area contributed by atoms with Gasteiger partial charge in [0.25, 0.3) is 0 Å². The zero-order valence-corrected chi connectivity index (χ0v) is 35.7. The smallest absolute Gasteiger partial charge is 0.326 e. The van der Waals surface area contributed by atoms with Crippen molar-refractivity contribution in [1.82, 2.24) is 63.1 Å². The number of hydrogen-bond donors (Lipinski definition) is 13.